The van der Waals surface area contributed by atoms with Crippen LogP contribution in [0.15, 0.2) is 0 Å². The van der Waals surface area contributed by atoms with Gasteiger partial charge in [-0.3, -0.25) is 15.0 Å². The molecule has 1 N–H and O–H groups in total. The molecule has 0 aromatic heterocycles. The van der Waals surface area contributed by atoms with Gasteiger partial charge in [0.1, 0.15) is 0 Å². The highest BCUT2D eigenvalue weighted by atomic mass is 35.5. The maximum atomic E-state index is 13.2. The summed E-state index contributed by atoms with van der Waals surface area (Å²) in [5.74, 6) is -2.94. The Morgan fingerprint density at radius 1 is 1.29 bits per heavy atom. The van der Waals surface area contributed by atoms with E-state index in [2.05, 4.69) is 17.1 Å². The first-order chi connectivity index (χ1) is 10.5. The predicted molar refractivity (Wildman–Crippen MR) is 94.6 cm³/mol. The van der Waals surface area contributed by atoms with E-state index in [9.17, 15) is 13.6 Å². The molecular weight excluding hydrogens is 363 g/mol. The molecule has 2 aliphatic rings. The number of halogens is 4. The van der Waals surface area contributed by atoms with Gasteiger partial charge in [-0.15, -0.1) is 24.8 Å². The average molecular weight is 392 g/mol. The summed E-state index contributed by atoms with van der Waals surface area (Å²) in [6.45, 7) is 7.92. The van der Waals surface area contributed by atoms with E-state index >= 15 is 0 Å². The van der Waals surface area contributed by atoms with Crippen molar-refractivity contribution in [3.8, 4) is 0 Å². The van der Waals surface area contributed by atoms with Crippen molar-refractivity contribution in [3.63, 3.8) is 0 Å². The quantitative estimate of drug-likeness (QED) is 0.701. The van der Waals surface area contributed by atoms with E-state index in [0.29, 0.717) is 26.3 Å². The van der Waals surface area contributed by atoms with Crippen LogP contribution in [-0.2, 0) is 9.53 Å². The van der Waals surface area contributed by atoms with Gasteiger partial charge in [0.15, 0.2) is 0 Å². The number of ether oxygens (including phenoxy) is 1. The van der Waals surface area contributed by atoms with Gasteiger partial charge in [-0.05, 0) is 13.3 Å². The van der Waals surface area contributed by atoms with Crippen LogP contribution < -0.4 is 5.32 Å². The number of nitrogens with one attached hydrogen (secondary N) is 1. The van der Waals surface area contributed by atoms with Gasteiger partial charge < -0.3 is 9.64 Å². The van der Waals surface area contributed by atoms with Crippen LogP contribution in [0.25, 0.3) is 0 Å². The van der Waals surface area contributed by atoms with E-state index in [-0.39, 0.29) is 43.2 Å². The van der Waals surface area contributed by atoms with E-state index < -0.39 is 18.5 Å². The monoisotopic (exact) mass is 391 g/mol. The van der Waals surface area contributed by atoms with E-state index in [1.807, 2.05) is 6.92 Å². The van der Waals surface area contributed by atoms with Gasteiger partial charge in [0.05, 0.1) is 19.2 Å². The number of alkyl halides is 2. The molecule has 5 nitrogen and oxygen atoms in total. The SMILES string of the molecule is CCOCCN1CCN(C(=O)C2CC(F)(F)CN2)CC1CC.Cl.Cl. The molecule has 144 valence electrons. The van der Waals surface area contributed by atoms with Crippen molar-refractivity contribution >= 4 is 30.7 Å². The summed E-state index contributed by atoms with van der Waals surface area (Å²) in [6.07, 6.45) is 0.553. The molecule has 2 atom stereocenters. The Balaban J connectivity index is 0.00000264. The van der Waals surface area contributed by atoms with Crippen molar-refractivity contribution in [1.29, 1.82) is 0 Å². The Morgan fingerprint density at radius 3 is 2.54 bits per heavy atom. The molecular formula is C15H29Cl2F2N3O2. The lowest BCUT2D eigenvalue weighted by atomic mass is 10.1. The fraction of sp³-hybridized carbons (Fsp3) is 0.933. The first kappa shape index (κ1) is 23.8. The molecule has 2 saturated heterocycles. The van der Waals surface area contributed by atoms with Crippen LogP contribution in [0.4, 0.5) is 8.78 Å². The Hall–Kier alpha value is -0.210. The Morgan fingerprint density at radius 2 is 2.00 bits per heavy atom. The minimum Gasteiger partial charge on any atom is -0.380 e. The van der Waals surface area contributed by atoms with Crippen LogP contribution in [-0.4, -0.2) is 79.7 Å². The minimum absolute atomic E-state index is 0. The molecule has 0 aromatic carbocycles. The number of hydrogen-bond acceptors (Lipinski definition) is 4. The number of nitrogens with zero attached hydrogens (tertiary/aromatic N) is 2. The average Bonchev–Trinajstić information content (AvgIpc) is 2.87. The van der Waals surface area contributed by atoms with Crippen LogP contribution in [0, 0.1) is 0 Å². The maximum Gasteiger partial charge on any atom is 0.262 e. The molecule has 2 unspecified atom stereocenters. The van der Waals surface area contributed by atoms with Gasteiger partial charge in [-0.2, -0.15) is 0 Å². The highest BCUT2D eigenvalue weighted by Gasteiger charge is 2.44. The lowest BCUT2D eigenvalue weighted by Crippen LogP contribution is -2.57. The Labute approximate surface area is 155 Å². The maximum absolute atomic E-state index is 13.2. The third kappa shape index (κ3) is 6.26. The number of amides is 1. The van der Waals surface area contributed by atoms with E-state index in [0.717, 1.165) is 19.5 Å². The van der Waals surface area contributed by atoms with E-state index in [1.165, 1.54) is 0 Å². The number of piperazine rings is 1. The number of hydrogen-bond donors (Lipinski definition) is 1. The molecule has 0 bridgehead atoms. The molecule has 2 heterocycles. The van der Waals surface area contributed by atoms with Crippen LogP contribution in [0.3, 0.4) is 0 Å². The molecule has 0 saturated carbocycles. The number of carbonyl (C=O) groups excluding carboxylic acids is 1. The fourth-order valence-electron chi connectivity index (χ4n) is 3.21. The van der Waals surface area contributed by atoms with Gasteiger partial charge >= 0.3 is 0 Å². The van der Waals surface area contributed by atoms with Gasteiger partial charge in [-0.1, -0.05) is 6.92 Å². The second kappa shape index (κ2) is 10.7. The lowest BCUT2D eigenvalue weighted by Gasteiger charge is -2.41. The standard InChI is InChI=1S/C15H27F2N3O2.2ClH/c1-3-12-10-20(6-5-19(12)7-8-22-4-2)14(21)13-9-15(16,17)11-18-13;;/h12-13,18H,3-11H2,1-2H3;2*1H. The van der Waals surface area contributed by atoms with Gasteiger partial charge in [-0.25, -0.2) is 8.78 Å². The molecule has 9 heteroatoms. The first-order valence-corrected chi connectivity index (χ1v) is 8.18. The molecule has 0 aromatic rings. The summed E-state index contributed by atoms with van der Waals surface area (Å²) in [4.78, 5) is 16.5. The highest BCUT2D eigenvalue weighted by molar-refractivity contribution is 5.85. The molecule has 2 rings (SSSR count). The first-order valence-electron chi connectivity index (χ1n) is 8.18. The van der Waals surface area contributed by atoms with Crippen LogP contribution in [0.2, 0.25) is 0 Å². The number of carbonyl (C=O) groups is 1. The zero-order valence-corrected chi connectivity index (χ0v) is 15.9. The normalized spacial score (nSPS) is 26.6. The molecule has 1 amide bonds. The van der Waals surface area contributed by atoms with E-state index in [1.54, 1.807) is 4.90 Å². The zero-order valence-electron chi connectivity index (χ0n) is 14.3. The second-order valence-electron chi connectivity index (χ2n) is 6.07. The molecule has 2 aliphatic heterocycles. The van der Waals surface area contributed by atoms with Crippen molar-refractivity contribution in [2.24, 2.45) is 0 Å². The van der Waals surface area contributed by atoms with Crippen molar-refractivity contribution < 1.29 is 18.3 Å². The second-order valence-corrected chi connectivity index (χ2v) is 6.07. The highest BCUT2D eigenvalue weighted by Crippen LogP contribution is 2.26. The largest absolute Gasteiger partial charge is 0.380 e. The topological polar surface area (TPSA) is 44.8 Å². The van der Waals surface area contributed by atoms with E-state index in [4.69, 9.17) is 4.74 Å². The van der Waals surface area contributed by atoms with Crippen LogP contribution in [0.5, 0.6) is 0 Å². The minimum atomic E-state index is -2.76. The Kier molecular flexibility index (Phi) is 10.6. The summed E-state index contributed by atoms with van der Waals surface area (Å²) >= 11 is 0. The smallest absolute Gasteiger partial charge is 0.262 e. The number of rotatable bonds is 6. The van der Waals surface area contributed by atoms with Crippen molar-refractivity contribution in [2.45, 2.75) is 44.7 Å². The van der Waals surface area contributed by atoms with Crippen molar-refractivity contribution in [1.82, 2.24) is 15.1 Å². The lowest BCUT2D eigenvalue weighted by molar-refractivity contribution is -0.137. The predicted octanol–water partition coefficient (Wildman–Crippen LogP) is 1.79. The summed E-state index contributed by atoms with van der Waals surface area (Å²) in [5, 5.41) is 2.66. The van der Waals surface area contributed by atoms with Crippen molar-refractivity contribution in [3.05, 3.63) is 0 Å². The summed E-state index contributed by atoms with van der Waals surface area (Å²) in [7, 11) is 0. The third-order valence-electron chi connectivity index (χ3n) is 4.52. The molecule has 0 radical (unpaired) electrons. The third-order valence-corrected chi connectivity index (χ3v) is 4.52. The molecule has 2 fully saturated rings. The van der Waals surface area contributed by atoms with Gasteiger partial charge in [0.25, 0.3) is 5.92 Å². The van der Waals surface area contributed by atoms with Gasteiger partial charge in [0.2, 0.25) is 5.91 Å². The summed E-state index contributed by atoms with van der Waals surface area (Å²) < 4.78 is 31.9. The molecule has 0 spiro atoms. The van der Waals surface area contributed by atoms with Crippen LogP contribution >= 0.6 is 24.8 Å². The zero-order chi connectivity index (χ0) is 16.2. The molecule has 0 aliphatic carbocycles. The Bertz CT molecular complexity index is 392. The van der Waals surface area contributed by atoms with Crippen molar-refractivity contribution in [2.75, 3.05) is 45.9 Å². The summed E-state index contributed by atoms with van der Waals surface area (Å²) in [5.41, 5.74) is 0. The van der Waals surface area contributed by atoms with Crippen LogP contribution in [0.1, 0.15) is 26.7 Å². The fourth-order valence-corrected chi connectivity index (χ4v) is 3.21. The van der Waals surface area contributed by atoms with Gasteiger partial charge in [0, 0.05) is 45.2 Å². The molecule has 24 heavy (non-hydrogen) atoms. The summed E-state index contributed by atoms with van der Waals surface area (Å²) in [6, 6.07) is -0.456.